The molecule has 1 saturated carbocycles. The number of esters is 2. The van der Waals surface area contributed by atoms with E-state index in [-0.39, 0.29) is 11.5 Å². The lowest BCUT2D eigenvalue weighted by atomic mass is 9.79. The molecule has 184 valence electrons. The largest absolute Gasteiger partial charge is 0.508 e. The number of hydrogen-bond acceptors (Lipinski definition) is 9. The Hall–Kier alpha value is -4.15. The molecule has 0 aliphatic heterocycles. The van der Waals surface area contributed by atoms with Crippen LogP contribution in [-0.2, 0) is 23.9 Å². The van der Waals surface area contributed by atoms with Gasteiger partial charge in [0, 0.05) is 25.0 Å². The van der Waals surface area contributed by atoms with Crippen molar-refractivity contribution in [2.24, 2.45) is 0 Å². The van der Waals surface area contributed by atoms with Gasteiger partial charge in [-0.05, 0) is 47.5 Å². The number of ether oxygens (including phenoxy) is 2. The molecule has 0 radical (unpaired) electrons. The van der Waals surface area contributed by atoms with Crippen LogP contribution < -0.4 is 0 Å². The molecule has 4 atom stereocenters. The fraction of sp³-hybridized carbons (Fsp3) is 0.240. The normalized spacial score (nSPS) is 24.3. The highest BCUT2D eigenvalue weighted by Crippen LogP contribution is 2.35. The third-order valence-corrected chi connectivity index (χ3v) is 5.41. The van der Waals surface area contributed by atoms with E-state index >= 15 is 0 Å². The number of aromatic hydroxyl groups is 2. The van der Waals surface area contributed by atoms with Crippen molar-refractivity contribution in [1.82, 2.24) is 0 Å². The number of hydrogen-bond donors (Lipinski definition) is 5. The number of aliphatic hydroxyl groups is 2. The van der Waals surface area contributed by atoms with E-state index < -0.39 is 54.7 Å². The highest BCUT2D eigenvalue weighted by molar-refractivity contribution is 5.91. The van der Waals surface area contributed by atoms with Gasteiger partial charge in [0.2, 0.25) is 5.60 Å². The van der Waals surface area contributed by atoms with Gasteiger partial charge < -0.3 is 35.0 Å². The standard InChI is InChI=1S/C25H24O10/c26-17-7-1-15(2-8-17)5-11-21(29)34-20-14-25(24(32)33,13-19(28)23(20)31)35-22(30)12-6-16-3-9-18(27)10-4-16/h1-12,19-20,23,26-28,31H,13-14H2,(H,32,33)/b11-5-,12-6-/t19-,20-,23-,25+/m1/s1. The van der Waals surface area contributed by atoms with Crippen molar-refractivity contribution >= 4 is 30.1 Å². The molecule has 1 aliphatic carbocycles. The summed E-state index contributed by atoms with van der Waals surface area (Å²) < 4.78 is 10.3. The van der Waals surface area contributed by atoms with Crippen LogP contribution in [0.15, 0.2) is 60.7 Å². The third kappa shape index (κ3) is 6.69. The second kappa shape index (κ2) is 10.9. The highest BCUT2D eigenvalue weighted by Gasteiger charge is 2.54. The van der Waals surface area contributed by atoms with Crippen LogP contribution in [0, 0.1) is 0 Å². The molecule has 2 aromatic rings. The monoisotopic (exact) mass is 484 g/mol. The zero-order valence-electron chi connectivity index (χ0n) is 18.4. The molecule has 0 aromatic heterocycles. The Kier molecular flexibility index (Phi) is 7.90. The number of aliphatic hydroxyl groups excluding tert-OH is 2. The van der Waals surface area contributed by atoms with Gasteiger partial charge in [0.05, 0.1) is 6.10 Å². The Labute approximate surface area is 200 Å². The van der Waals surface area contributed by atoms with Crippen LogP contribution in [0.25, 0.3) is 12.2 Å². The molecule has 10 nitrogen and oxygen atoms in total. The number of benzene rings is 2. The number of carboxylic acids is 1. The summed E-state index contributed by atoms with van der Waals surface area (Å²) in [5.74, 6) is -3.45. The molecule has 0 bridgehead atoms. The maximum Gasteiger partial charge on any atom is 0.348 e. The Morgan fingerprint density at radius 2 is 1.29 bits per heavy atom. The van der Waals surface area contributed by atoms with Crippen molar-refractivity contribution in [3.8, 4) is 11.5 Å². The first-order chi connectivity index (χ1) is 16.6. The number of carbonyl (C=O) groups excluding carboxylic acids is 2. The van der Waals surface area contributed by atoms with E-state index in [1.165, 1.54) is 48.6 Å². The predicted octanol–water partition coefficient (Wildman–Crippen LogP) is 1.62. The molecule has 2 aromatic carbocycles. The fourth-order valence-electron chi connectivity index (χ4n) is 3.56. The average molecular weight is 484 g/mol. The van der Waals surface area contributed by atoms with E-state index in [1.54, 1.807) is 12.1 Å². The van der Waals surface area contributed by atoms with E-state index in [0.717, 1.165) is 12.2 Å². The predicted molar refractivity (Wildman–Crippen MR) is 122 cm³/mol. The second-order valence-corrected chi connectivity index (χ2v) is 8.01. The molecule has 0 spiro atoms. The molecule has 1 fully saturated rings. The van der Waals surface area contributed by atoms with Gasteiger partial charge >= 0.3 is 17.9 Å². The molecule has 5 N–H and O–H groups in total. The van der Waals surface area contributed by atoms with Gasteiger partial charge in [-0.15, -0.1) is 0 Å². The zero-order valence-corrected chi connectivity index (χ0v) is 18.4. The molecule has 1 aliphatic rings. The van der Waals surface area contributed by atoms with Crippen LogP contribution >= 0.6 is 0 Å². The Morgan fingerprint density at radius 1 is 0.800 bits per heavy atom. The van der Waals surface area contributed by atoms with E-state index in [2.05, 4.69) is 0 Å². The molecule has 0 heterocycles. The molecule has 10 heteroatoms. The van der Waals surface area contributed by atoms with Crippen molar-refractivity contribution in [2.75, 3.05) is 0 Å². The first kappa shape index (κ1) is 25.5. The zero-order chi connectivity index (χ0) is 25.6. The summed E-state index contributed by atoms with van der Waals surface area (Å²) in [6, 6.07) is 11.8. The van der Waals surface area contributed by atoms with E-state index in [4.69, 9.17) is 9.47 Å². The maximum atomic E-state index is 12.4. The average Bonchev–Trinajstić information content (AvgIpc) is 2.81. The Bertz CT molecular complexity index is 1120. The van der Waals surface area contributed by atoms with Crippen molar-refractivity contribution in [2.45, 2.75) is 36.8 Å². The van der Waals surface area contributed by atoms with Crippen molar-refractivity contribution in [3.63, 3.8) is 0 Å². The molecule has 35 heavy (non-hydrogen) atoms. The summed E-state index contributed by atoms with van der Waals surface area (Å²) in [5.41, 5.74) is -1.14. The lowest BCUT2D eigenvalue weighted by molar-refractivity contribution is -0.207. The van der Waals surface area contributed by atoms with Crippen LogP contribution in [0.4, 0.5) is 0 Å². The summed E-state index contributed by atoms with van der Waals surface area (Å²) in [6.45, 7) is 0. The van der Waals surface area contributed by atoms with E-state index in [0.29, 0.717) is 11.1 Å². The minimum atomic E-state index is -2.25. The van der Waals surface area contributed by atoms with Gasteiger partial charge in [0.25, 0.3) is 0 Å². The summed E-state index contributed by atoms with van der Waals surface area (Å²) in [5, 5.41) is 48.9. The quantitative estimate of drug-likeness (QED) is 0.287. The summed E-state index contributed by atoms with van der Waals surface area (Å²) in [7, 11) is 0. The molecular formula is C25H24O10. The van der Waals surface area contributed by atoms with Crippen LogP contribution in [0.2, 0.25) is 0 Å². The van der Waals surface area contributed by atoms with Crippen molar-refractivity contribution in [1.29, 1.82) is 0 Å². The van der Waals surface area contributed by atoms with Gasteiger partial charge in [0.15, 0.2) is 0 Å². The number of carbonyl (C=O) groups is 3. The molecule has 0 amide bonds. The SMILES string of the molecule is O=C(/C=C\c1ccc(O)cc1)O[C@@H]1C[C@](OC(=O)/C=C\c2ccc(O)cc2)(C(=O)O)C[C@@H](O)[C@H]1O. The summed E-state index contributed by atoms with van der Waals surface area (Å²) >= 11 is 0. The lowest BCUT2D eigenvalue weighted by Gasteiger charge is -2.41. The second-order valence-electron chi connectivity index (χ2n) is 8.01. The minimum Gasteiger partial charge on any atom is -0.508 e. The fourth-order valence-corrected chi connectivity index (χ4v) is 3.56. The Morgan fingerprint density at radius 3 is 1.77 bits per heavy atom. The van der Waals surface area contributed by atoms with Crippen LogP contribution in [0.1, 0.15) is 24.0 Å². The number of rotatable bonds is 7. The van der Waals surface area contributed by atoms with Crippen LogP contribution in [0.3, 0.4) is 0 Å². The number of phenols is 2. The number of carboxylic acid groups (broad SMARTS) is 1. The van der Waals surface area contributed by atoms with Gasteiger partial charge in [-0.25, -0.2) is 14.4 Å². The molecule has 3 rings (SSSR count). The third-order valence-electron chi connectivity index (χ3n) is 5.41. The first-order valence-electron chi connectivity index (χ1n) is 10.6. The topological polar surface area (TPSA) is 171 Å². The molecule has 0 saturated heterocycles. The van der Waals surface area contributed by atoms with Gasteiger partial charge in [-0.1, -0.05) is 24.3 Å². The molecular weight excluding hydrogens is 460 g/mol. The number of phenolic OH excluding ortho intramolecular Hbond substituents is 2. The first-order valence-corrected chi connectivity index (χ1v) is 10.6. The summed E-state index contributed by atoms with van der Waals surface area (Å²) in [4.78, 5) is 36.7. The van der Waals surface area contributed by atoms with Gasteiger partial charge in [0.1, 0.15) is 23.7 Å². The molecule has 0 unspecified atom stereocenters. The highest BCUT2D eigenvalue weighted by atomic mass is 16.6. The van der Waals surface area contributed by atoms with Gasteiger partial charge in [-0.2, -0.15) is 0 Å². The lowest BCUT2D eigenvalue weighted by Crippen LogP contribution is -2.58. The minimum absolute atomic E-state index is 0.0304. The van der Waals surface area contributed by atoms with Crippen LogP contribution in [0.5, 0.6) is 11.5 Å². The van der Waals surface area contributed by atoms with E-state index in [9.17, 15) is 39.9 Å². The summed E-state index contributed by atoms with van der Waals surface area (Å²) in [6.07, 6.45) is -1.17. The van der Waals surface area contributed by atoms with E-state index in [1.807, 2.05) is 0 Å². The van der Waals surface area contributed by atoms with Crippen LogP contribution in [-0.4, -0.2) is 67.4 Å². The number of aliphatic carboxylic acids is 1. The maximum absolute atomic E-state index is 12.4. The smallest absolute Gasteiger partial charge is 0.348 e. The van der Waals surface area contributed by atoms with Crippen molar-refractivity contribution < 1.29 is 49.4 Å². The van der Waals surface area contributed by atoms with Gasteiger partial charge in [-0.3, -0.25) is 0 Å². The van der Waals surface area contributed by atoms with Crippen molar-refractivity contribution in [3.05, 3.63) is 71.8 Å². The Balaban J connectivity index is 1.71.